The second-order valence-electron chi connectivity index (χ2n) is 3.69. The van der Waals surface area contributed by atoms with E-state index in [1.807, 2.05) is 31.2 Å². The van der Waals surface area contributed by atoms with Crippen molar-refractivity contribution in [2.24, 2.45) is 5.73 Å². The van der Waals surface area contributed by atoms with Crippen LogP contribution in [0.15, 0.2) is 24.3 Å². The fourth-order valence-electron chi connectivity index (χ4n) is 1.78. The maximum Gasteiger partial charge on any atom is 0.0970 e. The summed E-state index contributed by atoms with van der Waals surface area (Å²) in [7, 11) is 0. The monoisotopic (exact) mass is 235 g/mol. The third-order valence-electron chi connectivity index (χ3n) is 2.60. The lowest BCUT2D eigenvalue weighted by molar-refractivity contribution is 0.957. The van der Waals surface area contributed by atoms with Crippen LogP contribution in [0.2, 0.25) is 5.02 Å². The number of benzene rings is 1. The molecule has 1 aromatic carbocycles. The predicted molar refractivity (Wildman–Crippen MR) is 66.5 cm³/mol. The molecular weight excluding hydrogens is 222 g/mol. The summed E-state index contributed by atoms with van der Waals surface area (Å²) in [5.41, 5.74) is 9.67. The fourth-order valence-corrected chi connectivity index (χ4v) is 2.00. The summed E-state index contributed by atoms with van der Waals surface area (Å²) in [4.78, 5) is 0. The lowest BCUT2D eigenvalue weighted by atomic mass is 10.0. The number of halogens is 1. The summed E-state index contributed by atoms with van der Waals surface area (Å²) < 4.78 is 0. The summed E-state index contributed by atoms with van der Waals surface area (Å²) in [6.07, 6.45) is 0.808. The van der Waals surface area contributed by atoms with Gasteiger partial charge in [0, 0.05) is 16.8 Å². The molecule has 16 heavy (non-hydrogen) atoms. The fraction of sp³-hybridized carbons (Fsp3) is 0.250. The highest BCUT2D eigenvalue weighted by Crippen LogP contribution is 2.29. The zero-order valence-electron chi connectivity index (χ0n) is 9.13. The van der Waals surface area contributed by atoms with E-state index in [1.165, 1.54) is 0 Å². The van der Waals surface area contributed by atoms with Gasteiger partial charge >= 0.3 is 0 Å². The van der Waals surface area contributed by atoms with Gasteiger partial charge in [0.2, 0.25) is 0 Å². The van der Waals surface area contributed by atoms with Crippen molar-refractivity contribution in [2.45, 2.75) is 13.3 Å². The van der Waals surface area contributed by atoms with Crippen molar-refractivity contribution in [3.63, 3.8) is 0 Å². The molecule has 0 aliphatic rings. The molecule has 1 aromatic heterocycles. The van der Waals surface area contributed by atoms with E-state index in [1.54, 1.807) is 0 Å². The van der Waals surface area contributed by atoms with Crippen molar-refractivity contribution in [2.75, 3.05) is 6.54 Å². The Hall–Kier alpha value is -1.32. The molecule has 0 unspecified atom stereocenters. The minimum Gasteiger partial charge on any atom is -0.330 e. The molecule has 0 fully saturated rings. The van der Waals surface area contributed by atoms with Crippen LogP contribution in [0.4, 0.5) is 0 Å². The van der Waals surface area contributed by atoms with Gasteiger partial charge in [-0.05, 0) is 26.0 Å². The van der Waals surface area contributed by atoms with Gasteiger partial charge in [-0.1, -0.05) is 29.8 Å². The molecule has 0 spiro atoms. The number of nitrogens with two attached hydrogens (primary N) is 1. The van der Waals surface area contributed by atoms with Crippen molar-refractivity contribution < 1.29 is 0 Å². The molecule has 0 bridgehead atoms. The largest absolute Gasteiger partial charge is 0.330 e. The topological polar surface area (TPSA) is 54.7 Å². The van der Waals surface area contributed by atoms with Crippen LogP contribution in [-0.2, 0) is 6.42 Å². The normalized spacial score (nSPS) is 10.7. The van der Waals surface area contributed by atoms with Gasteiger partial charge in [0.1, 0.15) is 0 Å². The maximum absolute atomic E-state index is 6.16. The molecule has 2 aromatic rings. The van der Waals surface area contributed by atoms with E-state index in [4.69, 9.17) is 17.3 Å². The lowest BCUT2D eigenvalue weighted by Gasteiger charge is -2.04. The van der Waals surface area contributed by atoms with Crippen molar-refractivity contribution in [1.29, 1.82) is 0 Å². The minimum atomic E-state index is 0.609. The maximum atomic E-state index is 6.16. The zero-order valence-corrected chi connectivity index (χ0v) is 9.88. The number of hydrogen-bond acceptors (Lipinski definition) is 2. The third kappa shape index (κ3) is 1.96. The standard InChI is InChI=1S/C12H14ClN3/c1-8-9(6-7-14)12(16-15-8)10-4-2-3-5-11(10)13/h2-5H,6-7,14H2,1H3,(H,15,16). The Bertz CT molecular complexity index is 491. The molecule has 4 heteroatoms. The van der Waals surface area contributed by atoms with E-state index in [9.17, 15) is 0 Å². The van der Waals surface area contributed by atoms with Gasteiger partial charge in [-0.3, -0.25) is 5.10 Å². The minimum absolute atomic E-state index is 0.609. The van der Waals surface area contributed by atoms with Gasteiger partial charge in [0.25, 0.3) is 0 Å². The Morgan fingerprint density at radius 2 is 2.12 bits per heavy atom. The van der Waals surface area contributed by atoms with Crippen molar-refractivity contribution in [1.82, 2.24) is 10.2 Å². The first-order valence-electron chi connectivity index (χ1n) is 5.23. The highest BCUT2D eigenvalue weighted by atomic mass is 35.5. The summed E-state index contributed by atoms with van der Waals surface area (Å²) in [6, 6.07) is 7.70. The molecule has 0 amide bonds. The number of nitrogens with one attached hydrogen (secondary N) is 1. The summed E-state index contributed by atoms with van der Waals surface area (Å²) in [6.45, 7) is 2.61. The first-order chi connectivity index (χ1) is 7.74. The number of rotatable bonds is 3. The Balaban J connectivity index is 2.52. The molecule has 84 valence electrons. The van der Waals surface area contributed by atoms with Crippen molar-refractivity contribution in [3.05, 3.63) is 40.5 Å². The van der Waals surface area contributed by atoms with Gasteiger partial charge in [0.15, 0.2) is 0 Å². The molecule has 0 radical (unpaired) electrons. The zero-order chi connectivity index (χ0) is 11.5. The van der Waals surface area contributed by atoms with Gasteiger partial charge in [0.05, 0.1) is 10.7 Å². The molecule has 0 saturated heterocycles. The van der Waals surface area contributed by atoms with Gasteiger partial charge < -0.3 is 5.73 Å². The van der Waals surface area contributed by atoms with E-state index in [-0.39, 0.29) is 0 Å². The van der Waals surface area contributed by atoms with Crippen LogP contribution in [0.1, 0.15) is 11.3 Å². The van der Waals surface area contributed by atoms with E-state index in [0.717, 1.165) is 28.9 Å². The quantitative estimate of drug-likeness (QED) is 0.859. The Morgan fingerprint density at radius 3 is 2.81 bits per heavy atom. The van der Waals surface area contributed by atoms with Crippen LogP contribution in [0, 0.1) is 6.92 Å². The van der Waals surface area contributed by atoms with Crippen LogP contribution < -0.4 is 5.73 Å². The first kappa shape index (κ1) is 11.2. The second kappa shape index (κ2) is 4.68. The van der Waals surface area contributed by atoms with E-state index >= 15 is 0 Å². The molecule has 0 atom stereocenters. The average Bonchev–Trinajstić information content (AvgIpc) is 2.62. The summed E-state index contributed by atoms with van der Waals surface area (Å²) in [5.74, 6) is 0. The molecule has 3 nitrogen and oxygen atoms in total. The molecule has 0 aliphatic heterocycles. The smallest absolute Gasteiger partial charge is 0.0970 e. The van der Waals surface area contributed by atoms with Gasteiger partial charge in [-0.15, -0.1) is 0 Å². The first-order valence-corrected chi connectivity index (χ1v) is 5.60. The molecule has 0 aliphatic carbocycles. The van der Waals surface area contributed by atoms with E-state index in [2.05, 4.69) is 10.2 Å². The Morgan fingerprint density at radius 1 is 1.38 bits per heavy atom. The van der Waals surface area contributed by atoms with Crippen molar-refractivity contribution >= 4 is 11.6 Å². The average molecular weight is 236 g/mol. The number of hydrogen-bond donors (Lipinski definition) is 2. The molecule has 1 heterocycles. The number of aromatic nitrogens is 2. The number of aromatic amines is 1. The van der Waals surface area contributed by atoms with E-state index in [0.29, 0.717) is 11.6 Å². The van der Waals surface area contributed by atoms with Gasteiger partial charge in [-0.25, -0.2) is 0 Å². The Kier molecular flexibility index (Phi) is 3.27. The second-order valence-corrected chi connectivity index (χ2v) is 4.10. The number of H-pyrrole nitrogens is 1. The lowest BCUT2D eigenvalue weighted by Crippen LogP contribution is -2.04. The van der Waals surface area contributed by atoms with Gasteiger partial charge in [-0.2, -0.15) is 5.10 Å². The predicted octanol–water partition coefficient (Wildman–Crippen LogP) is 2.54. The molecule has 3 N–H and O–H groups in total. The van der Waals surface area contributed by atoms with Crippen molar-refractivity contribution in [3.8, 4) is 11.3 Å². The summed E-state index contributed by atoms with van der Waals surface area (Å²) in [5, 5.41) is 8.00. The SMILES string of the molecule is Cc1[nH]nc(-c2ccccc2Cl)c1CCN. The molecule has 2 rings (SSSR count). The van der Waals surface area contributed by atoms with Crippen LogP contribution >= 0.6 is 11.6 Å². The molecular formula is C12H14ClN3. The summed E-state index contributed by atoms with van der Waals surface area (Å²) >= 11 is 6.16. The highest BCUT2D eigenvalue weighted by molar-refractivity contribution is 6.33. The van der Waals surface area contributed by atoms with Crippen LogP contribution in [0.5, 0.6) is 0 Å². The van der Waals surface area contributed by atoms with Crippen LogP contribution in [0.3, 0.4) is 0 Å². The highest BCUT2D eigenvalue weighted by Gasteiger charge is 2.13. The number of nitrogens with zero attached hydrogens (tertiary/aromatic N) is 1. The Labute approximate surface area is 99.6 Å². The van der Waals surface area contributed by atoms with E-state index < -0.39 is 0 Å². The van der Waals surface area contributed by atoms with Crippen LogP contribution in [-0.4, -0.2) is 16.7 Å². The van der Waals surface area contributed by atoms with Crippen LogP contribution in [0.25, 0.3) is 11.3 Å². The third-order valence-corrected chi connectivity index (χ3v) is 2.93. The number of aryl methyl sites for hydroxylation is 1. The molecule has 0 saturated carbocycles.